The van der Waals surface area contributed by atoms with Gasteiger partial charge in [0.05, 0.1) is 18.3 Å². The molecule has 0 saturated carbocycles. The molecule has 0 radical (unpaired) electrons. The highest BCUT2D eigenvalue weighted by Gasteiger charge is 2.57. The van der Waals surface area contributed by atoms with E-state index in [4.69, 9.17) is 22.8 Å². The Kier molecular flexibility index (Phi) is 12.5. The lowest BCUT2D eigenvalue weighted by atomic mass is 9.87. The quantitative estimate of drug-likeness (QED) is 0.127. The summed E-state index contributed by atoms with van der Waals surface area (Å²) in [5, 5.41) is 0.0521. The second-order valence-corrected chi connectivity index (χ2v) is 31.7. The van der Waals surface area contributed by atoms with Gasteiger partial charge in [0, 0.05) is 6.42 Å². The van der Waals surface area contributed by atoms with Gasteiger partial charge in [-0.15, -0.1) is 0 Å². The summed E-state index contributed by atoms with van der Waals surface area (Å²) in [4.78, 5) is 11.5. The minimum Gasteiger partial charge on any atom is -0.408 e. The molecule has 2 saturated heterocycles. The predicted octanol–water partition coefficient (Wildman–Crippen LogP) is 9.01. The first kappa shape index (κ1) is 37.8. The Morgan fingerprint density at radius 2 is 1.27 bits per heavy atom. The maximum Gasteiger partial charge on any atom is 0.193 e. The zero-order valence-electron chi connectivity index (χ0n) is 28.7. The molecule has 240 valence electrons. The molecule has 2 heterocycles. The molecule has 2 aliphatic heterocycles. The maximum atomic E-state index is 11.5. The first-order valence-electron chi connectivity index (χ1n) is 15.4. The molecule has 0 N–H and O–H groups in total. The number of carbonyl (C=O) groups is 1. The van der Waals surface area contributed by atoms with E-state index in [0.717, 1.165) is 19.1 Å². The number of halogens is 1. The van der Waals surface area contributed by atoms with E-state index in [1.807, 2.05) is 0 Å². The zero-order valence-corrected chi connectivity index (χ0v) is 33.9. The molecule has 0 spiro atoms. The van der Waals surface area contributed by atoms with Crippen LogP contribution >= 0.6 is 22.6 Å². The van der Waals surface area contributed by atoms with E-state index in [0.29, 0.717) is 6.42 Å². The highest BCUT2D eigenvalue weighted by Crippen LogP contribution is 2.47. The van der Waals surface area contributed by atoms with Crippen molar-refractivity contribution in [3.8, 4) is 0 Å². The summed E-state index contributed by atoms with van der Waals surface area (Å²) in [5.41, 5.74) is 0. The van der Waals surface area contributed by atoms with Crippen molar-refractivity contribution >= 4 is 53.8 Å². The van der Waals surface area contributed by atoms with Crippen molar-refractivity contribution in [1.82, 2.24) is 0 Å². The normalized spacial score (nSPS) is 29.9. The molecule has 7 atom stereocenters. The number of hydrogen-bond acceptors (Lipinski definition) is 6. The number of hydrogen-bond donors (Lipinski definition) is 0. The van der Waals surface area contributed by atoms with Gasteiger partial charge in [0.2, 0.25) is 0 Å². The Balaban J connectivity index is 2.73. The van der Waals surface area contributed by atoms with Crippen molar-refractivity contribution in [2.75, 3.05) is 0 Å². The van der Waals surface area contributed by atoms with Gasteiger partial charge in [0.15, 0.2) is 25.0 Å². The lowest BCUT2D eigenvalue weighted by Crippen LogP contribution is -2.69. The molecule has 0 aliphatic carbocycles. The van der Waals surface area contributed by atoms with Crippen LogP contribution in [0.5, 0.6) is 0 Å². The van der Waals surface area contributed by atoms with Crippen LogP contribution in [0.4, 0.5) is 0 Å². The smallest absolute Gasteiger partial charge is 0.193 e. The van der Waals surface area contributed by atoms with Gasteiger partial charge in [-0.25, -0.2) is 0 Å². The standard InChI is InChI=1S/C31H61IO6Si3/c1-29(2,3)39(10,11)36-24(18-20-32)26-28(38-41(14,15)31(7,8)9)27(37-40(12,13)30(4,5)6)25-23(35-26)17-16-22(34-25)19-21-33/h18,20-28H,16-17,19H2,1-15H3/b20-18+/t22-,23+,24+,25+,26+,27?,28?/m1/s1. The number of rotatable bonds is 10. The fraction of sp³-hybridized carbons (Fsp3) is 0.903. The fourth-order valence-corrected chi connectivity index (χ4v) is 8.89. The molecule has 6 nitrogen and oxygen atoms in total. The van der Waals surface area contributed by atoms with Crippen LogP contribution in [0.1, 0.15) is 81.6 Å². The molecule has 41 heavy (non-hydrogen) atoms. The molecule has 10 heteroatoms. The van der Waals surface area contributed by atoms with Crippen LogP contribution in [0, 0.1) is 0 Å². The van der Waals surface area contributed by atoms with Gasteiger partial charge in [-0.05, 0) is 77.4 Å². The molecule has 0 bridgehead atoms. The van der Waals surface area contributed by atoms with Crippen LogP contribution in [0.2, 0.25) is 54.4 Å². The van der Waals surface area contributed by atoms with E-state index < -0.39 is 25.0 Å². The second-order valence-electron chi connectivity index (χ2n) is 16.7. The average molecular weight is 741 g/mol. The highest BCUT2D eigenvalue weighted by atomic mass is 127. The van der Waals surface area contributed by atoms with Crippen LogP contribution in [0.3, 0.4) is 0 Å². The fourth-order valence-electron chi connectivity index (χ4n) is 4.63. The summed E-state index contributed by atoms with van der Waals surface area (Å²) < 4.78 is 37.6. The summed E-state index contributed by atoms with van der Waals surface area (Å²) in [6, 6.07) is 0. The molecular formula is C31H61IO6Si3. The topological polar surface area (TPSA) is 63.2 Å². The van der Waals surface area contributed by atoms with E-state index in [1.54, 1.807) is 0 Å². The first-order valence-corrected chi connectivity index (χ1v) is 25.4. The highest BCUT2D eigenvalue weighted by molar-refractivity contribution is 14.1. The van der Waals surface area contributed by atoms with Gasteiger partial charge < -0.3 is 27.5 Å². The Hall–Kier alpha value is 0.591. The van der Waals surface area contributed by atoms with E-state index in [2.05, 4.69) is 134 Å². The largest absolute Gasteiger partial charge is 0.408 e. The minimum absolute atomic E-state index is 0.00170. The SMILES string of the molecule is CC(C)(C)[Si](C)(C)OC1C(O[Si](C)(C)C(C)(C)C)[C@H]2O[C@@H](CC=O)CC[C@@H]2O[C@H]1[C@H](/C=C/I)O[Si](C)(C)C(C)(C)C. The summed E-state index contributed by atoms with van der Waals surface area (Å²) in [7, 11) is -6.69. The van der Waals surface area contributed by atoms with Crippen molar-refractivity contribution in [1.29, 1.82) is 0 Å². The molecule has 2 aliphatic rings. The van der Waals surface area contributed by atoms with E-state index in [-0.39, 0.29) is 57.8 Å². The summed E-state index contributed by atoms with van der Waals surface area (Å²) in [5.74, 6) is 0. The van der Waals surface area contributed by atoms with Crippen LogP contribution in [0.15, 0.2) is 10.2 Å². The van der Waals surface area contributed by atoms with Gasteiger partial charge in [0.1, 0.15) is 30.7 Å². The van der Waals surface area contributed by atoms with Gasteiger partial charge in [-0.3, -0.25) is 0 Å². The molecule has 2 unspecified atom stereocenters. The van der Waals surface area contributed by atoms with Crippen LogP contribution in [0.25, 0.3) is 0 Å². The third kappa shape index (κ3) is 9.08. The van der Waals surface area contributed by atoms with E-state index >= 15 is 0 Å². The van der Waals surface area contributed by atoms with Gasteiger partial charge in [0.25, 0.3) is 0 Å². The van der Waals surface area contributed by atoms with Crippen LogP contribution in [-0.2, 0) is 27.5 Å². The zero-order chi connectivity index (χ0) is 31.8. The van der Waals surface area contributed by atoms with Crippen molar-refractivity contribution in [3.63, 3.8) is 0 Å². The van der Waals surface area contributed by atoms with Gasteiger partial charge >= 0.3 is 0 Å². The van der Waals surface area contributed by atoms with Crippen molar-refractivity contribution in [2.24, 2.45) is 0 Å². The monoisotopic (exact) mass is 740 g/mol. The molecule has 0 aromatic rings. The van der Waals surface area contributed by atoms with Crippen LogP contribution < -0.4 is 0 Å². The number of aldehydes is 1. The average Bonchev–Trinajstić information content (AvgIpc) is 2.78. The molecule has 0 aromatic carbocycles. The van der Waals surface area contributed by atoms with Gasteiger partial charge in [-0.2, -0.15) is 0 Å². The lowest BCUT2D eigenvalue weighted by molar-refractivity contribution is -0.266. The van der Waals surface area contributed by atoms with Gasteiger partial charge in [-0.1, -0.05) is 84.9 Å². The third-order valence-electron chi connectivity index (χ3n) is 10.4. The van der Waals surface area contributed by atoms with E-state index in [1.165, 1.54) is 0 Å². The predicted molar refractivity (Wildman–Crippen MR) is 187 cm³/mol. The molecular weight excluding hydrogens is 679 g/mol. The maximum absolute atomic E-state index is 11.5. The minimum atomic E-state index is -2.28. The summed E-state index contributed by atoms with van der Waals surface area (Å²) >= 11 is 2.29. The molecule has 0 aromatic heterocycles. The Morgan fingerprint density at radius 1 is 0.780 bits per heavy atom. The first-order chi connectivity index (χ1) is 18.4. The Labute approximate surface area is 268 Å². The van der Waals surface area contributed by atoms with Crippen molar-refractivity contribution in [2.45, 2.75) is 179 Å². The molecule has 2 rings (SSSR count). The second kappa shape index (κ2) is 13.5. The van der Waals surface area contributed by atoms with Crippen LogP contribution in [-0.4, -0.2) is 74.0 Å². The van der Waals surface area contributed by atoms with Crippen molar-refractivity contribution < 1.29 is 27.5 Å². The summed E-state index contributed by atoms with van der Waals surface area (Å²) in [6.07, 6.45) is 3.25. The third-order valence-corrected chi connectivity index (χ3v) is 24.3. The van der Waals surface area contributed by atoms with E-state index in [9.17, 15) is 4.79 Å². The Bertz CT molecular complexity index is 903. The molecule has 2 fully saturated rings. The number of ether oxygens (including phenoxy) is 2. The molecule has 0 amide bonds. The van der Waals surface area contributed by atoms with Crippen molar-refractivity contribution in [3.05, 3.63) is 10.2 Å². The number of carbonyl (C=O) groups excluding carboxylic acids is 1. The Morgan fingerprint density at radius 3 is 1.71 bits per heavy atom. The number of fused-ring (bicyclic) bond motifs is 1. The lowest BCUT2D eigenvalue weighted by Gasteiger charge is -2.56. The summed E-state index contributed by atoms with van der Waals surface area (Å²) in [6.45, 7) is 34.3.